The number of rotatable bonds is 8. The molecule has 3 aromatic heterocycles. The highest BCUT2D eigenvalue weighted by Crippen LogP contribution is 2.41. The number of aromatic nitrogens is 3. The molecule has 8 aromatic carbocycles. The lowest BCUT2D eigenvalue weighted by atomic mass is 9.97. The van der Waals surface area contributed by atoms with Gasteiger partial charge in [-0.15, -0.1) is 0 Å². The minimum absolute atomic E-state index is 0.0256. The summed E-state index contributed by atoms with van der Waals surface area (Å²) in [5, 5.41) is 32.5. The van der Waals surface area contributed by atoms with Crippen molar-refractivity contribution in [3.8, 4) is 73.7 Å². The molecule has 3 aliphatic heterocycles. The van der Waals surface area contributed by atoms with Crippen LogP contribution in [0.25, 0.3) is 56.0 Å². The first-order valence-corrected chi connectivity index (χ1v) is 25.9. The molecular formula is C66H42Cl2N6O6. The van der Waals surface area contributed by atoms with Crippen LogP contribution in [-0.4, -0.2) is 65.1 Å². The normalized spacial score (nSPS) is 12.8. The van der Waals surface area contributed by atoms with E-state index in [1.165, 1.54) is 0 Å². The Bertz CT molecular complexity index is 4280. The highest BCUT2D eigenvalue weighted by atomic mass is 35.5. The van der Waals surface area contributed by atoms with Gasteiger partial charge in [-0.05, 0) is 63.2 Å². The second-order valence-corrected chi connectivity index (χ2v) is 19.6. The van der Waals surface area contributed by atoms with E-state index in [0.29, 0.717) is 83.2 Å². The summed E-state index contributed by atoms with van der Waals surface area (Å²) in [6.45, 7) is 0. The van der Waals surface area contributed by atoms with E-state index in [2.05, 4.69) is 54.2 Å². The molecule has 3 amide bonds. The van der Waals surface area contributed by atoms with E-state index in [0.717, 1.165) is 50.1 Å². The monoisotopic (exact) mass is 1080 g/mol. The summed E-state index contributed by atoms with van der Waals surface area (Å²) in [7, 11) is 0. The number of halogens is 2. The highest BCUT2D eigenvalue weighted by Gasteiger charge is 2.36. The molecule has 0 atom stereocenters. The minimum Gasteiger partial charge on any atom is -0.494 e. The fraction of sp³-hybridized carbons (Fsp3) is 0. The summed E-state index contributed by atoms with van der Waals surface area (Å²) in [5.74, 6) is -1.23. The van der Waals surface area contributed by atoms with E-state index in [-0.39, 0.29) is 29.5 Å². The summed E-state index contributed by atoms with van der Waals surface area (Å²) in [6.07, 6.45) is 0. The minimum atomic E-state index is -0.392. The summed E-state index contributed by atoms with van der Waals surface area (Å²) in [5.41, 5.74) is 14.8. The molecule has 0 saturated carbocycles. The average molecular weight is 1090 g/mol. The van der Waals surface area contributed by atoms with Crippen molar-refractivity contribution in [1.29, 1.82) is 0 Å². The molecule has 386 valence electrons. The van der Waals surface area contributed by atoms with E-state index in [9.17, 15) is 29.7 Å². The standard InChI is InChI=1S/C30H20N2O2.C18H10Cl2N2O2.C18H12N2O2/c33-29-25-26(28(32-29)24-17-13-22(14-18-24)20-9-5-2-6-10-20)30(34)31-27(25)23-15-11-21(12-16-23)19-7-3-1-4-8-19;19-11-5-1-9(2-6-11)15-13-14(18(24)21-15)16(22-17(13)23)10-3-7-12(20)8-4-10;21-17-13-14(16(20-17)12-9-5-2-6-10-12)18(22)19-15(13)11-7-3-1-4-8-11/h1-18,31,34H;1-8,21,24H;1-10,19,22H. The molecule has 12 nitrogen and oxygen atoms in total. The van der Waals surface area contributed by atoms with Gasteiger partial charge in [-0.1, -0.05) is 217 Å². The Labute approximate surface area is 467 Å². The first kappa shape index (κ1) is 50.4. The maximum absolute atomic E-state index is 12.9. The van der Waals surface area contributed by atoms with E-state index >= 15 is 0 Å². The molecule has 0 bridgehead atoms. The molecule has 80 heavy (non-hydrogen) atoms. The summed E-state index contributed by atoms with van der Waals surface area (Å²) in [6, 6.07) is 68.8. The molecule has 14 heteroatoms. The Morgan fingerprint density at radius 3 is 0.800 bits per heavy atom. The number of nitrogens with one attached hydrogen (secondary N) is 3. The van der Waals surface area contributed by atoms with Gasteiger partial charge >= 0.3 is 0 Å². The zero-order chi connectivity index (χ0) is 55.0. The number of hydrogen-bond donors (Lipinski definition) is 6. The van der Waals surface area contributed by atoms with E-state index in [1.807, 2.05) is 146 Å². The van der Waals surface area contributed by atoms with Crippen LogP contribution in [0.5, 0.6) is 17.6 Å². The predicted octanol–water partition coefficient (Wildman–Crippen LogP) is 14.8. The van der Waals surface area contributed by atoms with E-state index < -0.39 is 5.91 Å². The Morgan fingerprint density at radius 2 is 0.475 bits per heavy atom. The lowest BCUT2D eigenvalue weighted by Gasteiger charge is -2.05. The van der Waals surface area contributed by atoms with Gasteiger partial charge in [-0.25, -0.2) is 15.0 Å². The number of aromatic amines is 3. The Balaban J connectivity index is 0.000000123. The van der Waals surface area contributed by atoms with Crippen LogP contribution in [0, 0.1) is 0 Å². The largest absolute Gasteiger partial charge is 0.494 e. The number of carbonyl (C=O) groups is 3. The Kier molecular flexibility index (Phi) is 13.4. The molecule has 6 N–H and O–H groups in total. The van der Waals surface area contributed by atoms with Crippen molar-refractivity contribution in [2.45, 2.75) is 0 Å². The third-order valence-corrected chi connectivity index (χ3v) is 14.3. The maximum Gasteiger partial charge on any atom is 0.280 e. The zero-order valence-electron chi connectivity index (χ0n) is 41.9. The van der Waals surface area contributed by atoms with Crippen LogP contribution in [0.3, 0.4) is 0 Å². The lowest BCUT2D eigenvalue weighted by molar-refractivity contribution is 0.0998. The Hall–Kier alpha value is -10.4. The fourth-order valence-electron chi connectivity index (χ4n) is 10.0. The highest BCUT2D eigenvalue weighted by molar-refractivity contribution is 6.33. The molecular weight excluding hydrogens is 1040 g/mol. The number of amides is 3. The SMILES string of the molecule is O=C1N=C(c2ccc(-c3ccccc3)cc2)c2c(O)[nH]c(-c3ccc(-c4ccccc4)cc3)c21.O=C1N=C(c2ccc(Cl)cc2)c2c(O)[nH]c(-c3ccc(Cl)cc3)c21.O=C1N=C(c2ccccc2)c2c(O)[nH]c(-c3ccccc3)c21. The molecule has 14 rings (SSSR count). The third-order valence-electron chi connectivity index (χ3n) is 13.8. The number of benzene rings is 8. The number of nitrogens with zero attached hydrogens (tertiary/aromatic N) is 3. The molecule has 0 spiro atoms. The van der Waals surface area contributed by atoms with Gasteiger partial charge in [-0.2, -0.15) is 0 Å². The molecule has 0 radical (unpaired) electrons. The van der Waals surface area contributed by atoms with Crippen LogP contribution in [0.15, 0.2) is 233 Å². The second kappa shape index (κ2) is 21.2. The molecule has 11 aromatic rings. The molecule has 3 aliphatic rings. The van der Waals surface area contributed by atoms with Crippen molar-refractivity contribution in [3.05, 3.63) is 279 Å². The third kappa shape index (κ3) is 9.51. The van der Waals surface area contributed by atoms with Gasteiger partial charge < -0.3 is 30.3 Å². The smallest absolute Gasteiger partial charge is 0.280 e. The van der Waals surface area contributed by atoms with E-state index in [4.69, 9.17) is 23.2 Å². The molecule has 0 aliphatic carbocycles. The quantitative estimate of drug-likeness (QED) is 0.0875. The Morgan fingerprint density at radius 1 is 0.263 bits per heavy atom. The molecule has 0 fully saturated rings. The summed E-state index contributed by atoms with van der Waals surface area (Å²) < 4.78 is 0. The summed E-state index contributed by atoms with van der Waals surface area (Å²) >= 11 is 11.8. The number of carbonyl (C=O) groups excluding carboxylic acids is 3. The number of H-pyrrole nitrogens is 3. The van der Waals surface area contributed by atoms with Crippen LogP contribution >= 0.6 is 23.2 Å². The molecule has 0 saturated heterocycles. The number of aromatic hydroxyl groups is 3. The van der Waals surface area contributed by atoms with Crippen molar-refractivity contribution >= 4 is 58.1 Å². The van der Waals surface area contributed by atoms with Crippen LogP contribution in [0.1, 0.15) is 64.5 Å². The van der Waals surface area contributed by atoms with E-state index in [1.54, 1.807) is 48.5 Å². The van der Waals surface area contributed by atoms with Gasteiger partial charge in [-0.3, -0.25) is 14.4 Å². The average Bonchev–Trinajstić information content (AvgIpc) is 4.53. The molecule has 6 heterocycles. The van der Waals surface area contributed by atoms with Crippen LogP contribution in [0.4, 0.5) is 0 Å². The predicted molar refractivity (Wildman–Crippen MR) is 314 cm³/mol. The number of hydrogen-bond acceptors (Lipinski definition) is 6. The fourth-order valence-corrected chi connectivity index (χ4v) is 10.3. The number of fused-ring (bicyclic) bond motifs is 3. The number of aliphatic imine (C=N–C) groups is 3. The lowest BCUT2D eigenvalue weighted by Crippen LogP contribution is -1.99. The molecule has 0 unspecified atom stereocenters. The topological polar surface area (TPSA) is 196 Å². The van der Waals surface area contributed by atoms with Gasteiger partial charge in [0.15, 0.2) is 17.6 Å². The van der Waals surface area contributed by atoms with Crippen molar-refractivity contribution in [2.24, 2.45) is 15.0 Å². The van der Waals surface area contributed by atoms with Crippen molar-refractivity contribution < 1.29 is 29.7 Å². The maximum atomic E-state index is 12.9. The second-order valence-electron chi connectivity index (χ2n) is 18.7. The zero-order valence-corrected chi connectivity index (χ0v) is 43.5. The van der Waals surface area contributed by atoms with Gasteiger partial charge in [0.2, 0.25) is 0 Å². The van der Waals surface area contributed by atoms with Crippen molar-refractivity contribution in [1.82, 2.24) is 15.0 Å². The van der Waals surface area contributed by atoms with Gasteiger partial charge in [0.1, 0.15) is 0 Å². The van der Waals surface area contributed by atoms with Crippen LogP contribution < -0.4 is 0 Å². The van der Waals surface area contributed by atoms with Gasteiger partial charge in [0.05, 0.1) is 67.6 Å². The van der Waals surface area contributed by atoms with Crippen LogP contribution in [-0.2, 0) is 0 Å². The van der Waals surface area contributed by atoms with Crippen molar-refractivity contribution in [3.63, 3.8) is 0 Å². The first-order chi connectivity index (χ1) is 39.0. The van der Waals surface area contributed by atoms with Crippen LogP contribution in [0.2, 0.25) is 10.0 Å². The van der Waals surface area contributed by atoms with Crippen molar-refractivity contribution in [2.75, 3.05) is 0 Å². The summed E-state index contributed by atoms with van der Waals surface area (Å²) in [4.78, 5) is 59.0. The van der Waals surface area contributed by atoms with Gasteiger partial charge in [0, 0.05) is 26.7 Å². The first-order valence-electron chi connectivity index (χ1n) is 25.2. The van der Waals surface area contributed by atoms with Gasteiger partial charge in [0.25, 0.3) is 17.7 Å².